The largest absolute Gasteiger partial charge is 0.482 e. The van der Waals surface area contributed by atoms with Crippen LogP contribution in [0.5, 0.6) is 11.5 Å². The van der Waals surface area contributed by atoms with Gasteiger partial charge in [-0.2, -0.15) is 0 Å². The van der Waals surface area contributed by atoms with Crippen molar-refractivity contribution in [2.45, 2.75) is 6.92 Å². The number of carbonyl (C=O) groups excluding carboxylic acids is 2. The number of hydrogen-bond acceptors (Lipinski definition) is 5. The molecule has 1 amide bonds. The molecule has 0 unspecified atom stereocenters. The first-order valence-electron chi connectivity index (χ1n) is 5.54. The molecule has 1 aromatic carbocycles. The number of esters is 1. The lowest BCUT2D eigenvalue weighted by atomic mass is 10.2. The van der Waals surface area contributed by atoms with Crippen molar-refractivity contribution in [2.75, 3.05) is 25.1 Å². The number of nitrogens with one attached hydrogen (secondary N) is 1. The number of rotatable bonds is 4. The molecule has 0 aromatic heterocycles. The van der Waals surface area contributed by atoms with E-state index in [4.69, 9.17) is 14.2 Å². The summed E-state index contributed by atoms with van der Waals surface area (Å²) in [6, 6.07) is 4.92. The van der Waals surface area contributed by atoms with E-state index in [9.17, 15) is 9.59 Å². The van der Waals surface area contributed by atoms with Gasteiger partial charge in [-0.3, -0.25) is 4.79 Å². The summed E-state index contributed by atoms with van der Waals surface area (Å²) in [6.07, 6.45) is 0. The van der Waals surface area contributed by atoms with Gasteiger partial charge in [0.15, 0.2) is 13.2 Å². The van der Waals surface area contributed by atoms with Gasteiger partial charge < -0.3 is 19.5 Å². The summed E-state index contributed by atoms with van der Waals surface area (Å²) in [7, 11) is 0. The van der Waals surface area contributed by atoms with Crippen LogP contribution in [-0.4, -0.2) is 31.7 Å². The van der Waals surface area contributed by atoms with Crippen LogP contribution in [0.3, 0.4) is 0 Å². The molecule has 1 N–H and O–H groups in total. The van der Waals surface area contributed by atoms with E-state index in [1.54, 1.807) is 25.1 Å². The van der Waals surface area contributed by atoms with Crippen LogP contribution in [0.4, 0.5) is 5.69 Å². The van der Waals surface area contributed by atoms with E-state index in [1.165, 1.54) is 0 Å². The smallest absolute Gasteiger partial charge is 0.344 e. The maximum absolute atomic E-state index is 11.1. The Morgan fingerprint density at radius 3 is 3.11 bits per heavy atom. The highest BCUT2D eigenvalue weighted by Crippen LogP contribution is 2.31. The Labute approximate surface area is 104 Å². The van der Waals surface area contributed by atoms with Gasteiger partial charge >= 0.3 is 5.97 Å². The van der Waals surface area contributed by atoms with E-state index in [0.29, 0.717) is 23.8 Å². The van der Waals surface area contributed by atoms with Crippen molar-refractivity contribution in [1.82, 2.24) is 0 Å². The molecule has 0 spiro atoms. The van der Waals surface area contributed by atoms with Gasteiger partial charge in [0, 0.05) is 6.07 Å². The van der Waals surface area contributed by atoms with Gasteiger partial charge in [-0.25, -0.2) is 4.79 Å². The van der Waals surface area contributed by atoms with Gasteiger partial charge in [-0.1, -0.05) is 0 Å². The van der Waals surface area contributed by atoms with Gasteiger partial charge in [-0.15, -0.1) is 0 Å². The van der Waals surface area contributed by atoms with Gasteiger partial charge in [-0.05, 0) is 19.1 Å². The van der Waals surface area contributed by atoms with Crippen LogP contribution in [0.15, 0.2) is 18.2 Å². The molecule has 6 heteroatoms. The van der Waals surface area contributed by atoms with Crippen LogP contribution >= 0.6 is 0 Å². The lowest BCUT2D eigenvalue weighted by Gasteiger charge is -2.18. The van der Waals surface area contributed by atoms with Crippen molar-refractivity contribution >= 4 is 17.6 Å². The summed E-state index contributed by atoms with van der Waals surface area (Å²) in [5, 5.41) is 2.66. The topological polar surface area (TPSA) is 73.9 Å². The fourth-order valence-electron chi connectivity index (χ4n) is 1.49. The van der Waals surface area contributed by atoms with Crippen LogP contribution in [0, 0.1) is 0 Å². The van der Waals surface area contributed by atoms with Crippen LogP contribution in [0.1, 0.15) is 6.92 Å². The maximum atomic E-state index is 11.1. The minimum Gasteiger partial charge on any atom is -0.482 e. The Morgan fingerprint density at radius 2 is 2.33 bits per heavy atom. The van der Waals surface area contributed by atoms with Gasteiger partial charge in [0.1, 0.15) is 11.5 Å². The second kappa shape index (κ2) is 5.39. The van der Waals surface area contributed by atoms with E-state index in [-0.39, 0.29) is 19.1 Å². The second-order valence-electron chi connectivity index (χ2n) is 3.59. The third-order valence-corrected chi connectivity index (χ3v) is 2.25. The molecule has 2 rings (SSSR count). The molecular formula is C12H13NO5. The summed E-state index contributed by atoms with van der Waals surface area (Å²) in [4.78, 5) is 22.2. The third-order valence-electron chi connectivity index (χ3n) is 2.25. The predicted molar refractivity (Wildman–Crippen MR) is 62.7 cm³/mol. The normalized spacial score (nSPS) is 13.1. The molecule has 18 heavy (non-hydrogen) atoms. The molecule has 1 aliphatic heterocycles. The summed E-state index contributed by atoms with van der Waals surface area (Å²) >= 11 is 0. The van der Waals surface area contributed by atoms with Gasteiger partial charge in [0.25, 0.3) is 5.91 Å². The van der Waals surface area contributed by atoms with Crippen LogP contribution in [0.25, 0.3) is 0 Å². The standard InChI is InChI=1S/C12H13NO5/c1-2-16-12(15)7-17-8-3-4-9-10(5-8)18-6-11(14)13-9/h3-5H,2,6-7H2,1H3,(H,13,14). The van der Waals surface area contributed by atoms with Crippen LogP contribution in [0.2, 0.25) is 0 Å². The van der Waals surface area contributed by atoms with Crippen molar-refractivity contribution in [2.24, 2.45) is 0 Å². The average Bonchev–Trinajstić information content (AvgIpc) is 2.36. The van der Waals surface area contributed by atoms with Gasteiger partial charge in [0.2, 0.25) is 0 Å². The number of ether oxygens (including phenoxy) is 3. The molecule has 1 aliphatic rings. The lowest BCUT2D eigenvalue weighted by molar-refractivity contribution is -0.145. The Morgan fingerprint density at radius 1 is 1.50 bits per heavy atom. The third kappa shape index (κ3) is 2.91. The van der Waals surface area contributed by atoms with Crippen molar-refractivity contribution in [1.29, 1.82) is 0 Å². The summed E-state index contributed by atoms with van der Waals surface area (Å²) in [5.41, 5.74) is 0.592. The van der Waals surface area contributed by atoms with Crippen LogP contribution in [-0.2, 0) is 14.3 Å². The van der Waals surface area contributed by atoms with E-state index in [2.05, 4.69) is 5.32 Å². The summed E-state index contributed by atoms with van der Waals surface area (Å²) < 4.78 is 15.2. The van der Waals surface area contributed by atoms with Crippen molar-refractivity contribution < 1.29 is 23.8 Å². The summed E-state index contributed by atoms with van der Waals surface area (Å²) in [6.45, 7) is 1.88. The fourth-order valence-corrected chi connectivity index (χ4v) is 1.49. The molecule has 0 aliphatic carbocycles. The first-order valence-corrected chi connectivity index (χ1v) is 5.54. The van der Waals surface area contributed by atoms with E-state index < -0.39 is 5.97 Å². The molecule has 6 nitrogen and oxygen atoms in total. The van der Waals surface area contributed by atoms with E-state index in [0.717, 1.165) is 0 Å². The first kappa shape index (κ1) is 12.2. The molecule has 0 saturated carbocycles. The lowest BCUT2D eigenvalue weighted by Crippen LogP contribution is -2.25. The summed E-state index contributed by atoms with van der Waals surface area (Å²) in [5.74, 6) is 0.390. The highest BCUT2D eigenvalue weighted by atomic mass is 16.6. The Hall–Kier alpha value is -2.24. The van der Waals surface area contributed by atoms with Crippen molar-refractivity contribution in [3.63, 3.8) is 0 Å². The quantitative estimate of drug-likeness (QED) is 0.807. The molecule has 0 fully saturated rings. The first-order chi connectivity index (χ1) is 8.69. The highest BCUT2D eigenvalue weighted by Gasteiger charge is 2.16. The molecule has 96 valence electrons. The number of benzene rings is 1. The van der Waals surface area contributed by atoms with E-state index >= 15 is 0 Å². The molecule has 1 heterocycles. The predicted octanol–water partition coefficient (Wildman–Crippen LogP) is 0.959. The monoisotopic (exact) mass is 251 g/mol. The Balaban J connectivity index is 1.99. The number of carbonyl (C=O) groups is 2. The number of anilines is 1. The molecule has 0 bridgehead atoms. The SMILES string of the molecule is CCOC(=O)COc1ccc2c(c1)OCC(=O)N2. The maximum Gasteiger partial charge on any atom is 0.344 e. The average molecular weight is 251 g/mol. The van der Waals surface area contributed by atoms with Crippen molar-refractivity contribution in [3.8, 4) is 11.5 Å². The zero-order chi connectivity index (χ0) is 13.0. The van der Waals surface area contributed by atoms with Crippen molar-refractivity contribution in [3.05, 3.63) is 18.2 Å². The molecule has 0 radical (unpaired) electrons. The Bertz CT molecular complexity index is 472. The molecule has 0 saturated heterocycles. The minimum absolute atomic E-state index is 0.0195. The van der Waals surface area contributed by atoms with Gasteiger partial charge in [0.05, 0.1) is 12.3 Å². The zero-order valence-electron chi connectivity index (χ0n) is 9.89. The number of hydrogen-bond donors (Lipinski definition) is 1. The van der Waals surface area contributed by atoms with E-state index in [1.807, 2.05) is 0 Å². The number of amides is 1. The Kier molecular flexibility index (Phi) is 3.66. The highest BCUT2D eigenvalue weighted by molar-refractivity contribution is 5.95. The molecule has 1 aromatic rings. The zero-order valence-corrected chi connectivity index (χ0v) is 9.89. The second-order valence-corrected chi connectivity index (χ2v) is 3.59. The number of fused-ring (bicyclic) bond motifs is 1. The molecule has 0 atom stereocenters. The molecular weight excluding hydrogens is 238 g/mol. The van der Waals surface area contributed by atoms with Crippen LogP contribution < -0.4 is 14.8 Å². The fraction of sp³-hybridized carbons (Fsp3) is 0.333. The minimum atomic E-state index is -0.426.